The van der Waals surface area contributed by atoms with E-state index >= 15 is 0 Å². The molecule has 3 aromatic rings. The van der Waals surface area contributed by atoms with E-state index in [-0.39, 0.29) is 11.7 Å². The average Bonchev–Trinajstić information content (AvgIpc) is 2.97. The van der Waals surface area contributed by atoms with Crippen LogP contribution in [-0.2, 0) is 11.8 Å². The third-order valence-corrected chi connectivity index (χ3v) is 5.33. The highest BCUT2D eigenvalue weighted by Gasteiger charge is 2.13. The van der Waals surface area contributed by atoms with E-state index in [4.69, 9.17) is 11.6 Å². The van der Waals surface area contributed by atoms with Crippen molar-refractivity contribution in [3.63, 3.8) is 0 Å². The lowest BCUT2D eigenvalue weighted by molar-refractivity contribution is -0.113. The summed E-state index contributed by atoms with van der Waals surface area (Å²) in [5, 5.41) is 12.6. The lowest BCUT2D eigenvalue weighted by Gasteiger charge is -2.07. The Morgan fingerprint density at radius 1 is 1.19 bits per heavy atom. The lowest BCUT2D eigenvalue weighted by Crippen LogP contribution is -2.14. The van der Waals surface area contributed by atoms with Crippen LogP contribution >= 0.6 is 23.4 Å². The summed E-state index contributed by atoms with van der Waals surface area (Å²) in [5.41, 5.74) is 3.83. The van der Waals surface area contributed by atoms with Crippen LogP contribution in [-0.4, -0.2) is 26.4 Å². The number of carbonyl (C=O) groups is 1. The maximum Gasteiger partial charge on any atom is 0.234 e. The number of amides is 1. The van der Waals surface area contributed by atoms with Crippen LogP contribution in [0, 0.1) is 13.8 Å². The number of rotatable bonds is 5. The van der Waals surface area contributed by atoms with E-state index in [1.54, 1.807) is 6.07 Å². The van der Waals surface area contributed by atoms with E-state index < -0.39 is 0 Å². The fourth-order valence-electron chi connectivity index (χ4n) is 2.47. The smallest absolute Gasteiger partial charge is 0.234 e. The van der Waals surface area contributed by atoms with Crippen LogP contribution in [0.15, 0.2) is 47.6 Å². The van der Waals surface area contributed by atoms with Gasteiger partial charge in [-0.1, -0.05) is 53.2 Å². The summed E-state index contributed by atoms with van der Waals surface area (Å²) in [7, 11) is 1.90. The zero-order valence-corrected chi connectivity index (χ0v) is 16.4. The van der Waals surface area contributed by atoms with Crippen LogP contribution in [0.4, 0.5) is 5.69 Å². The number of benzene rings is 2. The number of thioether (sulfide) groups is 1. The number of carbonyl (C=O) groups excluding carboxylic acids is 1. The Kier molecular flexibility index (Phi) is 5.64. The molecular weight excluding hydrogens is 368 g/mol. The number of nitrogens with zero attached hydrogens (tertiary/aromatic N) is 3. The van der Waals surface area contributed by atoms with Crippen molar-refractivity contribution in [3.05, 3.63) is 58.6 Å². The fraction of sp³-hybridized carbons (Fsp3) is 0.211. The van der Waals surface area contributed by atoms with E-state index in [1.807, 2.05) is 55.8 Å². The average molecular weight is 387 g/mol. The lowest BCUT2D eigenvalue weighted by atomic mass is 10.1. The Morgan fingerprint density at radius 3 is 2.73 bits per heavy atom. The molecule has 7 heteroatoms. The summed E-state index contributed by atoms with van der Waals surface area (Å²) in [5.74, 6) is 0.905. The molecule has 0 saturated carbocycles. The molecule has 0 radical (unpaired) electrons. The van der Waals surface area contributed by atoms with Crippen LogP contribution in [0.5, 0.6) is 0 Å². The maximum absolute atomic E-state index is 12.2. The second kappa shape index (κ2) is 7.93. The molecule has 1 N–H and O–H groups in total. The molecule has 0 atom stereocenters. The third-order valence-electron chi connectivity index (χ3n) is 3.90. The van der Waals surface area contributed by atoms with Crippen molar-refractivity contribution in [2.45, 2.75) is 19.0 Å². The SMILES string of the molecule is Cc1cccc(-c2nnc(SCC(=O)Nc3ccc(C)c(Cl)c3)n2C)c1. The molecule has 2 aromatic carbocycles. The third kappa shape index (κ3) is 4.26. The summed E-state index contributed by atoms with van der Waals surface area (Å²) >= 11 is 7.43. The van der Waals surface area contributed by atoms with Crippen LogP contribution < -0.4 is 5.32 Å². The zero-order chi connectivity index (χ0) is 18.7. The van der Waals surface area contributed by atoms with E-state index in [2.05, 4.69) is 21.6 Å². The first-order valence-corrected chi connectivity index (χ1v) is 9.45. The Balaban J connectivity index is 1.64. The fourth-order valence-corrected chi connectivity index (χ4v) is 3.37. The molecule has 1 heterocycles. The molecule has 1 amide bonds. The van der Waals surface area contributed by atoms with Crippen molar-refractivity contribution in [1.82, 2.24) is 14.8 Å². The first-order chi connectivity index (χ1) is 12.4. The van der Waals surface area contributed by atoms with Gasteiger partial charge >= 0.3 is 0 Å². The quantitative estimate of drug-likeness (QED) is 0.656. The van der Waals surface area contributed by atoms with Crippen molar-refractivity contribution in [2.24, 2.45) is 7.05 Å². The van der Waals surface area contributed by atoms with Crippen LogP contribution in [0.3, 0.4) is 0 Å². The molecule has 26 heavy (non-hydrogen) atoms. The summed E-state index contributed by atoms with van der Waals surface area (Å²) in [6, 6.07) is 13.6. The van der Waals surface area contributed by atoms with Gasteiger partial charge in [-0.3, -0.25) is 4.79 Å². The molecule has 0 aliphatic carbocycles. The molecule has 134 valence electrons. The topological polar surface area (TPSA) is 59.8 Å². The second-order valence-electron chi connectivity index (χ2n) is 6.04. The van der Waals surface area contributed by atoms with Gasteiger partial charge in [0.2, 0.25) is 5.91 Å². The molecule has 1 aromatic heterocycles. The number of anilines is 1. The summed E-state index contributed by atoms with van der Waals surface area (Å²) in [4.78, 5) is 12.2. The maximum atomic E-state index is 12.2. The Bertz CT molecular complexity index is 954. The van der Waals surface area contributed by atoms with Gasteiger partial charge in [-0.15, -0.1) is 10.2 Å². The van der Waals surface area contributed by atoms with Gasteiger partial charge in [0.1, 0.15) is 0 Å². The van der Waals surface area contributed by atoms with Gasteiger partial charge in [0, 0.05) is 23.3 Å². The molecule has 5 nitrogen and oxygen atoms in total. The van der Waals surface area contributed by atoms with Gasteiger partial charge in [-0.25, -0.2) is 0 Å². The second-order valence-corrected chi connectivity index (χ2v) is 7.39. The van der Waals surface area contributed by atoms with E-state index in [0.717, 1.165) is 22.5 Å². The van der Waals surface area contributed by atoms with Gasteiger partial charge in [0.15, 0.2) is 11.0 Å². The minimum atomic E-state index is -0.116. The molecule has 3 rings (SSSR count). The first-order valence-electron chi connectivity index (χ1n) is 8.09. The molecule has 0 unspecified atom stereocenters. The highest BCUT2D eigenvalue weighted by Crippen LogP contribution is 2.24. The van der Waals surface area contributed by atoms with Gasteiger partial charge in [0.05, 0.1) is 5.75 Å². The van der Waals surface area contributed by atoms with Gasteiger partial charge in [-0.2, -0.15) is 0 Å². The first kappa shape index (κ1) is 18.5. The highest BCUT2D eigenvalue weighted by molar-refractivity contribution is 7.99. The minimum Gasteiger partial charge on any atom is -0.325 e. The zero-order valence-electron chi connectivity index (χ0n) is 14.8. The highest BCUT2D eigenvalue weighted by atomic mass is 35.5. The molecule has 0 aliphatic rings. The Labute approximate surface area is 161 Å². The van der Waals surface area contributed by atoms with Crippen molar-refractivity contribution in [3.8, 4) is 11.4 Å². The van der Waals surface area contributed by atoms with Crippen LogP contribution in [0.1, 0.15) is 11.1 Å². The minimum absolute atomic E-state index is 0.116. The summed E-state index contributed by atoms with van der Waals surface area (Å²) < 4.78 is 1.90. The van der Waals surface area contributed by atoms with Crippen LogP contribution in [0.25, 0.3) is 11.4 Å². The Morgan fingerprint density at radius 2 is 2.00 bits per heavy atom. The van der Waals surface area contributed by atoms with E-state index in [1.165, 1.54) is 11.8 Å². The predicted octanol–water partition coefficient (Wildman–Crippen LogP) is 4.48. The number of hydrogen-bond acceptors (Lipinski definition) is 4. The molecule has 0 saturated heterocycles. The molecular formula is C19H19ClN4OS. The summed E-state index contributed by atoms with van der Waals surface area (Å²) in [6.45, 7) is 3.96. The molecule has 0 bridgehead atoms. The molecule has 0 fully saturated rings. The normalized spacial score (nSPS) is 10.8. The van der Waals surface area contributed by atoms with Crippen molar-refractivity contribution in [1.29, 1.82) is 0 Å². The number of aryl methyl sites for hydroxylation is 2. The van der Waals surface area contributed by atoms with E-state index in [9.17, 15) is 4.79 Å². The standard InChI is InChI=1S/C19H19ClN4OS/c1-12-5-4-6-14(9-12)18-22-23-19(24(18)3)26-11-17(25)21-15-8-7-13(2)16(20)10-15/h4-10H,11H2,1-3H3,(H,21,25). The van der Waals surface area contributed by atoms with Gasteiger partial charge < -0.3 is 9.88 Å². The van der Waals surface area contributed by atoms with Crippen molar-refractivity contribution in [2.75, 3.05) is 11.1 Å². The largest absolute Gasteiger partial charge is 0.325 e. The predicted molar refractivity (Wildman–Crippen MR) is 107 cm³/mol. The van der Waals surface area contributed by atoms with Gasteiger partial charge in [-0.05, 0) is 37.6 Å². The summed E-state index contributed by atoms with van der Waals surface area (Å²) in [6.07, 6.45) is 0. The van der Waals surface area contributed by atoms with Crippen LogP contribution in [0.2, 0.25) is 5.02 Å². The number of nitrogens with one attached hydrogen (secondary N) is 1. The number of aromatic nitrogens is 3. The van der Waals surface area contributed by atoms with E-state index in [0.29, 0.717) is 15.9 Å². The number of halogens is 1. The molecule has 0 aliphatic heterocycles. The van der Waals surface area contributed by atoms with Crippen molar-refractivity contribution < 1.29 is 4.79 Å². The molecule has 0 spiro atoms. The van der Waals surface area contributed by atoms with Gasteiger partial charge in [0.25, 0.3) is 0 Å². The monoisotopic (exact) mass is 386 g/mol. The number of hydrogen-bond donors (Lipinski definition) is 1. The van der Waals surface area contributed by atoms with Crippen molar-refractivity contribution >= 4 is 35.0 Å². The Hall–Kier alpha value is -2.31.